The Morgan fingerprint density at radius 1 is 1.27 bits per heavy atom. The van der Waals surface area contributed by atoms with Crippen molar-refractivity contribution in [2.45, 2.75) is 18.9 Å². The summed E-state index contributed by atoms with van der Waals surface area (Å²) in [7, 11) is 0. The highest BCUT2D eigenvalue weighted by atomic mass is 19.2. The summed E-state index contributed by atoms with van der Waals surface area (Å²) in [6, 6.07) is 1.20. The molecule has 4 heteroatoms. The van der Waals surface area contributed by atoms with Crippen LogP contribution in [0.5, 0.6) is 0 Å². The first-order valence-corrected chi connectivity index (χ1v) is 4.39. The molecule has 1 nitrogen and oxygen atoms in total. The molecule has 2 N–H and O–H groups in total. The van der Waals surface area contributed by atoms with Crippen LogP contribution >= 0.6 is 0 Å². The van der Waals surface area contributed by atoms with Crippen LogP contribution in [0.2, 0.25) is 0 Å². The SMILES string of the molecule is C#CCCC(N)c1cc(F)c(F)c(F)c1. The molecule has 0 saturated heterocycles. The Morgan fingerprint density at radius 3 is 2.27 bits per heavy atom. The molecule has 1 unspecified atom stereocenters. The van der Waals surface area contributed by atoms with Gasteiger partial charge in [-0.05, 0) is 24.1 Å². The van der Waals surface area contributed by atoms with E-state index in [1.165, 1.54) is 0 Å². The maximum Gasteiger partial charge on any atom is 0.194 e. The largest absolute Gasteiger partial charge is 0.324 e. The quantitative estimate of drug-likeness (QED) is 0.606. The van der Waals surface area contributed by atoms with Gasteiger partial charge in [0.1, 0.15) is 0 Å². The molecule has 1 aromatic carbocycles. The Bertz CT molecular complexity index is 372. The van der Waals surface area contributed by atoms with Crippen LogP contribution in [0.1, 0.15) is 24.4 Å². The minimum atomic E-state index is -1.48. The molecule has 0 saturated carbocycles. The summed E-state index contributed by atoms with van der Waals surface area (Å²) in [6.07, 6.45) is 5.83. The molecule has 0 spiro atoms. The first-order valence-electron chi connectivity index (χ1n) is 4.39. The molecule has 0 radical (unpaired) electrons. The molecule has 0 bridgehead atoms. The van der Waals surface area contributed by atoms with Crippen LogP contribution in [0.15, 0.2) is 12.1 Å². The molecule has 1 aromatic rings. The maximum atomic E-state index is 12.8. The summed E-state index contributed by atoms with van der Waals surface area (Å²) in [4.78, 5) is 0. The Hall–Kier alpha value is -1.47. The van der Waals surface area contributed by atoms with Crippen LogP contribution in [0.25, 0.3) is 0 Å². The van der Waals surface area contributed by atoms with Crippen LogP contribution < -0.4 is 5.73 Å². The molecule has 0 aliphatic heterocycles. The minimum Gasteiger partial charge on any atom is -0.324 e. The van der Waals surface area contributed by atoms with Crippen LogP contribution in [0.3, 0.4) is 0 Å². The zero-order valence-corrected chi connectivity index (χ0v) is 7.93. The first kappa shape index (κ1) is 11.6. The van der Waals surface area contributed by atoms with Crippen LogP contribution in [-0.4, -0.2) is 0 Å². The highest BCUT2D eigenvalue weighted by Crippen LogP contribution is 2.20. The van der Waals surface area contributed by atoms with E-state index in [-0.39, 0.29) is 5.56 Å². The van der Waals surface area contributed by atoms with Crippen molar-refractivity contribution in [1.82, 2.24) is 0 Å². The van der Waals surface area contributed by atoms with E-state index < -0.39 is 23.5 Å². The lowest BCUT2D eigenvalue weighted by atomic mass is 10.0. The highest BCUT2D eigenvalue weighted by molar-refractivity contribution is 5.22. The number of hydrogen-bond donors (Lipinski definition) is 1. The number of benzene rings is 1. The summed E-state index contributed by atoms with van der Waals surface area (Å²) in [6.45, 7) is 0. The predicted octanol–water partition coefficient (Wildman–Crippen LogP) is 2.52. The summed E-state index contributed by atoms with van der Waals surface area (Å²) < 4.78 is 38.2. The zero-order chi connectivity index (χ0) is 11.4. The summed E-state index contributed by atoms with van der Waals surface area (Å²) in [5.74, 6) is -1.59. The van der Waals surface area contributed by atoms with E-state index in [2.05, 4.69) is 5.92 Å². The van der Waals surface area contributed by atoms with E-state index in [9.17, 15) is 13.2 Å². The van der Waals surface area contributed by atoms with Gasteiger partial charge in [0.25, 0.3) is 0 Å². The number of nitrogens with two attached hydrogens (primary N) is 1. The normalized spacial score (nSPS) is 12.2. The molecule has 1 atom stereocenters. The van der Waals surface area contributed by atoms with Gasteiger partial charge >= 0.3 is 0 Å². The Morgan fingerprint density at radius 2 is 1.80 bits per heavy atom. The monoisotopic (exact) mass is 213 g/mol. The fourth-order valence-corrected chi connectivity index (χ4v) is 1.19. The number of terminal acetylenes is 1. The van der Waals surface area contributed by atoms with Gasteiger partial charge in [-0.2, -0.15) is 0 Å². The van der Waals surface area contributed by atoms with Crippen molar-refractivity contribution >= 4 is 0 Å². The van der Waals surface area contributed by atoms with Crippen LogP contribution in [0, 0.1) is 29.8 Å². The number of hydrogen-bond acceptors (Lipinski definition) is 1. The van der Waals surface area contributed by atoms with Gasteiger partial charge in [-0.1, -0.05) is 0 Å². The van der Waals surface area contributed by atoms with Crippen molar-refractivity contribution in [2.75, 3.05) is 0 Å². The average Bonchev–Trinajstić information content (AvgIpc) is 2.21. The van der Waals surface area contributed by atoms with Crippen LogP contribution in [-0.2, 0) is 0 Å². The number of halogens is 3. The Balaban J connectivity index is 2.91. The third-order valence-corrected chi connectivity index (χ3v) is 2.03. The van der Waals surface area contributed by atoms with Crippen molar-refractivity contribution in [3.63, 3.8) is 0 Å². The minimum absolute atomic E-state index is 0.210. The lowest BCUT2D eigenvalue weighted by Gasteiger charge is -2.10. The highest BCUT2D eigenvalue weighted by Gasteiger charge is 2.14. The molecule has 15 heavy (non-hydrogen) atoms. The molecule has 0 amide bonds. The van der Waals surface area contributed by atoms with E-state index in [4.69, 9.17) is 12.2 Å². The van der Waals surface area contributed by atoms with E-state index >= 15 is 0 Å². The van der Waals surface area contributed by atoms with Crippen molar-refractivity contribution in [2.24, 2.45) is 5.73 Å². The van der Waals surface area contributed by atoms with Gasteiger partial charge in [-0.25, -0.2) is 13.2 Å². The second-order valence-corrected chi connectivity index (χ2v) is 3.15. The standard InChI is InChI=1S/C11H10F3N/c1-2-3-4-10(15)7-5-8(12)11(14)9(13)6-7/h1,5-6,10H,3-4,15H2. The lowest BCUT2D eigenvalue weighted by molar-refractivity contribution is 0.443. The van der Waals surface area contributed by atoms with E-state index in [1.807, 2.05) is 0 Å². The smallest absolute Gasteiger partial charge is 0.194 e. The average molecular weight is 213 g/mol. The predicted molar refractivity (Wildman–Crippen MR) is 51.3 cm³/mol. The Labute approximate surface area is 86.1 Å². The maximum absolute atomic E-state index is 12.8. The number of rotatable bonds is 3. The molecule has 0 aliphatic rings. The molecule has 80 valence electrons. The van der Waals surface area contributed by atoms with E-state index in [0.717, 1.165) is 12.1 Å². The van der Waals surface area contributed by atoms with E-state index in [0.29, 0.717) is 12.8 Å². The summed E-state index contributed by atoms with van der Waals surface area (Å²) in [5, 5.41) is 0. The second kappa shape index (κ2) is 4.85. The third-order valence-electron chi connectivity index (χ3n) is 2.03. The van der Waals surface area contributed by atoms with Crippen molar-refractivity contribution in [3.8, 4) is 12.3 Å². The van der Waals surface area contributed by atoms with Gasteiger partial charge in [0, 0.05) is 12.5 Å². The van der Waals surface area contributed by atoms with Gasteiger partial charge in [0.05, 0.1) is 0 Å². The fourth-order valence-electron chi connectivity index (χ4n) is 1.19. The molecular formula is C11H10F3N. The second-order valence-electron chi connectivity index (χ2n) is 3.15. The molecular weight excluding hydrogens is 203 g/mol. The van der Waals surface area contributed by atoms with Gasteiger partial charge in [0.2, 0.25) is 0 Å². The van der Waals surface area contributed by atoms with Crippen molar-refractivity contribution in [3.05, 3.63) is 35.1 Å². The molecule has 0 aliphatic carbocycles. The van der Waals surface area contributed by atoms with Gasteiger partial charge < -0.3 is 5.73 Å². The van der Waals surface area contributed by atoms with Gasteiger partial charge in [0.15, 0.2) is 17.5 Å². The lowest BCUT2D eigenvalue weighted by Crippen LogP contribution is -2.11. The van der Waals surface area contributed by atoms with E-state index in [1.54, 1.807) is 0 Å². The molecule has 0 fully saturated rings. The summed E-state index contributed by atoms with van der Waals surface area (Å²) in [5.41, 5.74) is 5.83. The van der Waals surface area contributed by atoms with Gasteiger partial charge in [-0.3, -0.25) is 0 Å². The molecule has 0 heterocycles. The van der Waals surface area contributed by atoms with Crippen molar-refractivity contribution in [1.29, 1.82) is 0 Å². The molecule has 1 rings (SSSR count). The van der Waals surface area contributed by atoms with Gasteiger partial charge in [-0.15, -0.1) is 12.3 Å². The van der Waals surface area contributed by atoms with Crippen LogP contribution in [0.4, 0.5) is 13.2 Å². The topological polar surface area (TPSA) is 26.0 Å². The van der Waals surface area contributed by atoms with Crippen molar-refractivity contribution < 1.29 is 13.2 Å². The molecule has 0 aromatic heterocycles. The first-order chi connectivity index (χ1) is 7.06. The third kappa shape index (κ3) is 2.74. The summed E-state index contributed by atoms with van der Waals surface area (Å²) >= 11 is 0. The Kier molecular flexibility index (Phi) is 3.75. The zero-order valence-electron chi connectivity index (χ0n) is 7.93. The fraction of sp³-hybridized carbons (Fsp3) is 0.273.